The second kappa shape index (κ2) is 8.52. The van der Waals surface area contributed by atoms with E-state index >= 15 is 0 Å². The van der Waals surface area contributed by atoms with Gasteiger partial charge in [-0.15, -0.1) is 0 Å². The minimum Gasteiger partial charge on any atom is -0.454 e. The van der Waals surface area contributed by atoms with Crippen LogP contribution in [0.2, 0.25) is 0 Å². The fraction of sp³-hybridized carbons (Fsp3) is 0.444. The molecular weight excluding hydrogens is 482 g/mol. The summed E-state index contributed by atoms with van der Waals surface area (Å²) in [6.07, 6.45) is 6.72. The molecule has 1 atom stereocenters. The predicted octanol–water partition coefficient (Wildman–Crippen LogP) is 5.11. The molecule has 7 rings (SSSR count). The Morgan fingerprint density at radius 1 is 1.05 bits per heavy atom. The molecule has 1 saturated carbocycles. The van der Waals surface area contributed by atoms with E-state index in [1.165, 1.54) is 12.8 Å². The molecule has 1 aliphatic carbocycles. The number of fused-ring (bicyclic) bond motifs is 2. The Morgan fingerprint density at radius 3 is 2.63 bits per heavy atom. The van der Waals surface area contributed by atoms with Crippen LogP contribution in [0.3, 0.4) is 0 Å². The SMILES string of the molecule is Cn1c(Nc2cc(C(C)(C)C)n([C@H]3CCOC3)n2)nc2ncc(Oc3cnc4[nH]c(C5CC5)nc4c3)cc21. The molecule has 6 heterocycles. The second-order valence-electron chi connectivity index (χ2n) is 11.3. The van der Waals surface area contributed by atoms with Crippen LogP contribution < -0.4 is 10.1 Å². The van der Waals surface area contributed by atoms with E-state index in [1.54, 1.807) is 12.4 Å². The summed E-state index contributed by atoms with van der Waals surface area (Å²) in [4.78, 5) is 21.7. The lowest BCUT2D eigenvalue weighted by atomic mass is 9.91. The lowest BCUT2D eigenvalue weighted by Crippen LogP contribution is -2.22. The van der Waals surface area contributed by atoms with Gasteiger partial charge < -0.3 is 24.3 Å². The van der Waals surface area contributed by atoms with Crippen LogP contribution in [0, 0.1) is 0 Å². The number of anilines is 2. The molecule has 1 saturated heterocycles. The Morgan fingerprint density at radius 2 is 1.87 bits per heavy atom. The summed E-state index contributed by atoms with van der Waals surface area (Å²) in [5.41, 5.74) is 4.17. The van der Waals surface area contributed by atoms with E-state index in [0.29, 0.717) is 35.6 Å². The van der Waals surface area contributed by atoms with Crippen LogP contribution in [0.15, 0.2) is 30.6 Å². The predicted molar refractivity (Wildman–Crippen MR) is 143 cm³/mol. The average molecular weight is 514 g/mol. The minimum absolute atomic E-state index is 0.0527. The highest BCUT2D eigenvalue weighted by atomic mass is 16.5. The zero-order chi connectivity index (χ0) is 26.0. The van der Waals surface area contributed by atoms with Gasteiger partial charge in [0.15, 0.2) is 17.1 Å². The molecule has 11 nitrogen and oxygen atoms in total. The summed E-state index contributed by atoms with van der Waals surface area (Å²) in [5, 5.41) is 8.29. The molecule has 0 radical (unpaired) electrons. The van der Waals surface area contributed by atoms with Gasteiger partial charge in [-0.05, 0) is 19.3 Å². The van der Waals surface area contributed by atoms with Gasteiger partial charge in [0, 0.05) is 48.9 Å². The Kier molecular flexibility index (Phi) is 5.19. The van der Waals surface area contributed by atoms with E-state index in [4.69, 9.17) is 19.6 Å². The van der Waals surface area contributed by atoms with Crippen LogP contribution in [0.1, 0.15) is 63.5 Å². The van der Waals surface area contributed by atoms with Crippen LogP contribution in [-0.2, 0) is 17.2 Å². The molecule has 2 N–H and O–H groups in total. The third-order valence-corrected chi connectivity index (χ3v) is 7.24. The molecule has 0 spiro atoms. The molecule has 1 aliphatic heterocycles. The van der Waals surface area contributed by atoms with Gasteiger partial charge in [0.25, 0.3) is 0 Å². The lowest BCUT2D eigenvalue weighted by Gasteiger charge is -2.22. The van der Waals surface area contributed by atoms with Gasteiger partial charge in [0.1, 0.15) is 22.8 Å². The van der Waals surface area contributed by atoms with E-state index in [0.717, 1.165) is 47.0 Å². The van der Waals surface area contributed by atoms with Crippen LogP contribution in [0.5, 0.6) is 11.5 Å². The summed E-state index contributed by atoms with van der Waals surface area (Å²) in [6.45, 7) is 8.06. The van der Waals surface area contributed by atoms with Gasteiger partial charge in [-0.1, -0.05) is 20.8 Å². The van der Waals surface area contributed by atoms with Gasteiger partial charge in [0.05, 0.1) is 30.6 Å². The number of hydrogen-bond acceptors (Lipinski definition) is 8. The van der Waals surface area contributed by atoms with Crippen molar-refractivity contribution in [1.29, 1.82) is 0 Å². The normalized spacial score (nSPS) is 18.1. The van der Waals surface area contributed by atoms with E-state index in [1.807, 2.05) is 23.7 Å². The number of nitrogens with zero attached hydrogens (tertiary/aromatic N) is 7. The van der Waals surface area contributed by atoms with Crippen molar-refractivity contribution >= 4 is 34.1 Å². The topological polar surface area (TPSA) is 121 Å². The van der Waals surface area contributed by atoms with E-state index in [9.17, 15) is 0 Å². The maximum absolute atomic E-state index is 6.11. The monoisotopic (exact) mass is 513 g/mol. The quantitative estimate of drug-likeness (QED) is 0.321. The fourth-order valence-electron chi connectivity index (χ4n) is 4.98. The van der Waals surface area contributed by atoms with Crippen molar-refractivity contribution in [3.63, 3.8) is 0 Å². The number of rotatable bonds is 6. The highest BCUT2D eigenvalue weighted by Crippen LogP contribution is 2.39. The van der Waals surface area contributed by atoms with Crippen molar-refractivity contribution in [1.82, 2.24) is 39.3 Å². The summed E-state index contributed by atoms with van der Waals surface area (Å²) >= 11 is 0. The number of imidazole rings is 2. The van der Waals surface area contributed by atoms with E-state index in [2.05, 4.69) is 56.8 Å². The smallest absolute Gasteiger partial charge is 0.210 e. The Hall–Kier alpha value is -3.99. The minimum atomic E-state index is -0.0527. The average Bonchev–Trinajstić information content (AvgIpc) is 3.24. The van der Waals surface area contributed by atoms with Gasteiger partial charge in [-0.3, -0.25) is 4.68 Å². The lowest BCUT2D eigenvalue weighted by molar-refractivity contribution is 0.183. The van der Waals surface area contributed by atoms with Crippen molar-refractivity contribution in [2.45, 2.75) is 57.4 Å². The highest BCUT2D eigenvalue weighted by molar-refractivity contribution is 5.77. The molecule has 0 unspecified atom stereocenters. The van der Waals surface area contributed by atoms with Crippen molar-refractivity contribution in [2.75, 3.05) is 18.5 Å². The molecule has 5 aromatic heterocycles. The number of pyridine rings is 2. The van der Waals surface area contributed by atoms with Crippen LogP contribution in [0.4, 0.5) is 11.8 Å². The first kappa shape index (κ1) is 23.2. The maximum atomic E-state index is 6.11. The number of aromatic amines is 1. The van der Waals surface area contributed by atoms with Gasteiger partial charge in [-0.25, -0.2) is 15.0 Å². The summed E-state index contributed by atoms with van der Waals surface area (Å²) in [7, 11) is 1.95. The molecule has 11 heteroatoms. The van der Waals surface area contributed by atoms with Crippen molar-refractivity contribution in [2.24, 2.45) is 7.05 Å². The molecule has 38 heavy (non-hydrogen) atoms. The van der Waals surface area contributed by atoms with Crippen molar-refractivity contribution in [3.05, 3.63) is 42.1 Å². The number of ether oxygens (including phenoxy) is 2. The molecule has 2 fully saturated rings. The van der Waals surface area contributed by atoms with Crippen LogP contribution in [-0.4, -0.2) is 52.5 Å². The van der Waals surface area contributed by atoms with Gasteiger partial charge in [-0.2, -0.15) is 10.1 Å². The van der Waals surface area contributed by atoms with E-state index in [-0.39, 0.29) is 11.5 Å². The third-order valence-electron chi connectivity index (χ3n) is 7.24. The van der Waals surface area contributed by atoms with Crippen LogP contribution in [0.25, 0.3) is 22.3 Å². The number of nitrogens with one attached hydrogen (secondary N) is 2. The highest BCUT2D eigenvalue weighted by Gasteiger charge is 2.29. The zero-order valence-corrected chi connectivity index (χ0v) is 22.0. The van der Waals surface area contributed by atoms with Crippen molar-refractivity contribution < 1.29 is 9.47 Å². The molecule has 196 valence electrons. The Bertz CT molecular complexity index is 1650. The molecular formula is C27H31N9O2. The first-order valence-electron chi connectivity index (χ1n) is 13.1. The number of hydrogen-bond donors (Lipinski definition) is 2. The number of aromatic nitrogens is 8. The number of H-pyrrole nitrogens is 1. The summed E-state index contributed by atoms with van der Waals surface area (Å²) < 4.78 is 15.8. The largest absolute Gasteiger partial charge is 0.454 e. The Balaban J connectivity index is 1.15. The fourth-order valence-corrected chi connectivity index (χ4v) is 4.98. The molecule has 5 aromatic rings. The first-order valence-corrected chi connectivity index (χ1v) is 13.1. The van der Waals surface area contributed by atoms with Gasteiger partial charge >= 0.3 is 0 Å². The molecule has 0 aromatic carbocycles. The van der Waals surface area contributed by atoms with Crippen molar-refractivity contribution in [3.8, 4) is 11.5 Å². The Labute approximate surface area is 219 Å². The molecule has 0 bridgehead atoms. The number of aryl methyl sites for hydroxylation is 1. The zero-order valence-electron chi connectivity index (χ0n) is 22.0. The molecule has 0 amide bonds. The summed E-state index contributed by atoms with van der Waals surface area (Å²) in [5.74, 6) is 4.18. The standard InChI is InChI=1S/C27H31N9O2/c1-27(2,3)21-11-22(34-36(21)16-7-8-37-14-16)31-26-33-25-20(35(26)4)10-18(13-29-25)38-17-9-19-24(28-12-17)32-23(30-19)15-5-6-15/h9-13,15-16H,5-8,14H2,1-4H3,(H,28,30,32)(H,29,31,33,34)/t16-/m0/s1. The third kappa shape index (κ3) is 4.16. The van der Waals surface area contributed by atoms with Crippen LogP contribution >= 0.6 is 0 Å². The first-order chi connectivity index (χ1) is 18.3. The van der Waals surface area contributed by atoms with E-state index < -0.39 is 0 Å². The van der Waals surface area contributed by atoms with Gasteiger partial charge in [0.2, 0.25) is 5.95 Å². The maximum Gasteiger partial charge on any atom is 0.210 e. The summed E-state index contributed by atoms with van der Waals surface area (Å²) in [6, 6.07) is 6.19. The molecule has 2 aliphatic rings. The second-order valence-corrected chi connectivity index (χ2v) is 11.3.